The van der Waals surface area contributed by atoms with E-state index in [-0.39, 0.29) is 5.91 Å². The third-order valence-corrected chi connectivity index (χ3v) is 6.88. The van der Waals surface area contributed by atoms with Crippen LogP contribution in [0.5, 0.6) is 0 Å². The molecule has 0 spiro atoms. The highest BCUT2D eigenvalue weighted by Crippen LogP contribution is 2.25. The minimum absolute atomic E-state index is 0.184. The molecule has 0 unspecified atom stereocenters. The lowest BCUT2D eigenvalue weighted by atomic mass is 10.1. The standard InChI is InChI=1S/C23H28N2OS/c26-23(25-16-14-24(15-17-25)21-6-4-5-7-21)20-12-10-19(11-13-20)18-27-22-8-2-1-3-9-22/h1-3,8-13,21H,4-7,14-18H2. The van der Waals surface area contributed by atoms with Crippen molar-refractivity contribution in [2.24, 2.45) is 0 Å². The monoisotopic (exact) mass is 380 g/mol. The van der Waals surface area contributed by atoms with Gasteiger partial charge < -0.3 is 4.90 Å². The van der Waals surface area contributed by atoms with E-state index in [4.69, 9.17) is 0 Å². The minimum atomic E-state index is 0.184. The first-order valence-corrected chi connectivity index (χ1v) is 11.1. The number of piperazine rings is 1. The van der Waals surface area contributed by atoms with Gasteiger partial charge in [-0.05, 0) is 42.7 Å². The molecule has 27 heavy (non-hydrogen) atoms. The van der Waals surface area contributed by atoms with Crippen LogP contribution in [0.1, 0.15) is 41.6 Å². The smallest absolute Gasteiger partial charge is 0.253 e. The Morgan fingerprint density at radius 2 is 1.56 bits per heavy atom. The van der Waals surface area contributed by atoms with Crippen molar-refractivity contribution in [3.63, 3.8) is 0 Å². The van der Waals surface area contributed by atoms with Crippen LogP contribution in [0.3, 0.4) is 0 Å². The highest BCUT2D eigenvalue weighted by atomic mass is 32.2. The summed E-state index contributed by atoms with van der Waals surface area (Å²) >= 11 is 1.83. The summed E-state index contributed by atoms with van der Waals surface area (Å²) in [6, 6.07) is 19.4. The maximum Gasteiger partial charge on any atom is 0.253 e. The second-order valence-electron chi connectivity index (χ2n) is 7.57. The van der Waals surface area contributed by atoms with Crippen LogP contribution in [0.2, 0.25) is 0 Å². The van der Waals surface area contributed by atoms with E-state index in [1.165, 1.54) is 36.1 Å². The highest BCUT2D eigenvalue weighted by molar-refractivity contribution is 7.98. The Hall–Kier alpha value is -1.78. The van der Waals surface area contributed by atoms with Crippen molar-refractivity contribution in [1.29, 1.82) is 0 Å². The van der Waals surface area contributed by atoms with Gasteiger partial charge in [-0.1, -0.05) is 43.2 Å². The molecule has 1 saturated heterocycles. The van der Waals surface area contributed by atoms with E-state index >= 15 is 0 Å². The van der Waals surface area contributed by atoms with Crippen molar-refractivity contribution in [2.75, 3.05) is 26.2 Å². The molecule has 4 heteroatoms. The average molecular weight is 381 g/mol. The summed E-state index contributed by atoms with van der Waals surface area (Å²) in [6.07, 6.45) is 5.43. The molecule has 2 aromatic rings. The summed E-state index contributed by atoms with van der Waals surface area (Å²) in [5.74, 6) is 1.11. The maximum absolute atomic E-state index is 12.8. The van der Waals surface area contributed by atoms with Crippen LogP contribution < -0.4 is 0 Å². The molecule has 0 aromatic heterocycles. The summed E-state index contributed by atoms with van der Waals surface area (Å²) in [6.45, 7) is 3.78. The summed E-state index contributed by atoms with van der Waals surface area (Å²) in [5, 5.41) is 0. The average Bonchev–Trinajstić information content (AvgIpc) is 3.28. The molecule has 1 amide bonds. The molecule has 1 aliphatic heterocycles. The predicted molar refractivity (Wildman–Crippen MR) is 112 cm³/mol. The van der Waals surface area contributed by atoms with Crippen molar-refractivity contribution in [1.82, 2.24) is 9.80 Å². The molecule has 1 heterocycles. The fraction of sp³-hybridized carbons (Fsp3) is 0.435. The number of amides is 1. The van der Waals surface area contributed by atoms with Gasteiger partial charge in [-0.25, -0.2) is 0 Å². The van der Waals surface area contributed by atoms with Crippen LogP contribution in [0.15, 0.2) is 59.5 Å². The van der Waals surface area contributed by atoms with E-state index in [1.54, 1.807) is 0 Å². The number of hydrogen-bond acceptors (Lipinski definition) is 3. The van der Waals surface area contributed by atoms with E-state index in [0.29, 0.717) is 0 Å². The summed E-state index contributed by atoms with van der Waals surface area (Å²) in [4.78, 5) is 18.7. The molecule has 1 saturated carbocycles. The minimum Gasteiger partial charge on any atom is -0.336 e. The summed E-state index contributed by atoms with van der Waals surface area (Å²) in [5.41, 5.74) is 2.07. The first-order valence-electron chi connectivity index (χ1n) is 10.1. The van der Waals surface area contributed by atoms with Crippen LogP contribution in [0, 0.1) is 0 Å². The lowest BCUT2D eigenvalue weighted by Gasteiger charge is -2.38. The lowest BCUT2D eigenvalue weighted by molar-refractivity contribution is 0.0573. The van der Waals surface area contributed by atoms with Gasteiger partial charge in [0.25, 0.3) is 5.91 Å². The largest absolute Gasteiger partial charge is 0.336 e. The zero-order chi connectivity index (χ0) is 18.5. The van der Waals surface area contributed by atoms with Crippen LogP contribution >= 0.6 is 11.8 Å². The molecule has 0 radical (unpaired) electrons. The quantitative estimate of drug-likeness (QED) is 0.704. The molecule has 1 aliphatic carbocycles. The Morgan fingerprint density at radius 3 is 2.22 bits per heavy atom. The van der Waals surface area contributed by atoms with Gasteiger partial charge in [0.1, 0.15) is 0 Å². The van der Waals surface area contributed by atoms with Gasteiger partial charge in [0, 0.05) is 48.4 Å². The molecular formula is C23H28N2OS. The number of hydrogen-bond donors (Lipinski definition) is 0. The Morgan fingerprint density at radius 1 is 0.889 bits per heavy atom. The number of carbonyl (C=O) groups excluding carboxylic acids is 1. The zero-order valence-electron chi connectivity index (χ0n) is 15.8. The molecule has 0 atom stereocenters. The third kappa shape index (κ3) is 4.74. The SMILES string of the molecule is O=C(c1ccc(CSc2ccccc2)cc1)N1CCN(C2CCCC2)CC1. The Balaban J connectivity index is 1.29. The molecule has 142 valence electrons. The van der Waals surface area contributed by atoms with E-state index in [1.807, 2.05) is 34.9 Å². The second-order valence-corrected chi connectivity index (χ2v) is 8.61. The predicted octanol–water partition coefficient (Wildman–Crippen LogP) is 4.68. The van der Waals surface area contributed by atoms with Gasteiger partial charge in [0.2, 0.25) is 0 Å². The molecule has 3 nitrogen and oxygen atoms in total. The fourth-order valence-corrected chi connectivity index (χ4v) is 5.04. The van der Waals surface area contributed by atoms with Crippen molar-refractivity contribution < 1.29 is 4.79 Å². The summed E-state index contributed by atoms with van der Waals surface area (Å²) < 4.78 is 0. The highest BCUT2D eigenvalue weighted by Gasteiger charge is 2.28. The van der Waals surface area contributed by atoms with Gasteiger partial charge in [0.05, 0.1) is 0 Å². The van der Waals surface area contributed by atoms with Crippen molar-refractivity contribution in [3.8, 4) is 0 Å². The van der Waals surface area contributed by atoms with E-state index < -0.39 is 0 Å². The normalized spacial score (nSPS) is 18.7. The first-order chi connectivity index (χ1) is 13.3. The van der Waals surface area contributed by atoms with E-state index in [2.05, 4.69) is 41.3 Å². The number of thioether (sulfide) groups is 1. The van der Waals surface area contributed by atoms with Gasteiger partial charge in [0.15, 0.2) is 0 Å². The summed E-state index contributed by atoms with van der Waals surface area (Å²) in [7, 11) is 0. The molecule has 2 fully saturated rings. The van der Waals surface area contributed by atoms with Crippen molar-refractivity contribution in [2.45, 2.75) is 42.4 Å². The van der Waals surface area contributed by atoms with Gasteiger partial charge >= 0.3 is 0 Å². The van der Waals surface area contributed by atoms with Crippen molar-refractivity contribution in [3.05, 3.63) is 65.7 Å². The number of rotatable bonds is 5. The zero-order valence-corrected chi connectivity index (χ0v) is 16.7. The van der Waals surface area contributed by atoms with Gasteiger partial charge in [-0.3, -0.25) is 9.69 Å². The number of benzene rings is 2. The molecule has 0 N–H and O–H groups in total. The molecule has 2 aliphatic rings. The van der Waals surface area contributed by atoms with Gasteiger partial charge in [-0.15, -0.1) is 11.8 Å². The molecule has 4 rings (SSSR count). The molecule has 0 bridgehead atoms. The topological polar surface area (TPSA) is 23.6 Å². The van der Waals surface area contributed by atoms with E-state index in [9.17, 15) is 4.79 Å². The number of nitrogens with zero attached hydrogens (tertiary/aromatic N) is 2. The van der Waals surface area contributed by atoms with Crippen LogP contribution in [0.4, 0.5) is 0 Å². The van der Waals surface area contributed by atoms with Crippen LogP contribution in [-0.2, 0) is 5.75 Å². The van der Waals surface area contributed by atoms with Crippen LogP contribution in [0.25, 0.3) is 0 Å². The molecular weight excluding hydrogens is 352 g/mol. The van der Waals surface area contributed by atoms with E-state index in [0.717, 1.165) is 43.5 Å². The second kappa shape index (κ2) is 8.94. The maximum atomic E-state index is 12.8. The molecule has 2 aromatic carbocycles. The fourth-order valence-electron chi connectivity index (χ4n) is 4.17. The van der Waals surface area contributed by atoms with Crippen LogP contribution in [-0.4, -0.2) is 47.9 Å². The van der Waals surface area contributed by atoms with Gasteiger partial charge in [-0.2, -0.15) is 0 Å². The Kier molecular flexibility index (Phi) is 6.15. The number of carbonyl (C=O) groups is 1. The Bertz CT molecular complexity index is 733. The van der Waals surface area contributed by atoms with Crippen molar-refractivity contribution >= 4 is 17.7 Å². The lowest BCUT2D eigenvalue weighted by Crippen LogP contribution is -2.51. The first kappa shape index (κ1) is 18.6. The third-order valence-electron chi connectivity index (χ3n) is 5.79. The Labute approximate surface area is 166 Å².